The topological polar surface area (TPSA) is 73.3 Å². The van der Waals surface area contributed by atoms with Gasteiger partial charge in [-0.2, -0.15) is 4.39 Å². The molecule has 0 radical (unpaired) electrons. The van der Waals surface area contributed by atoms with Crippen LogP contribution in [-0.4, -0.2) is 30.1 Å². The van der Waals surface area contributed by atoms with E-state index in [2.05, 4.69) is 15.3 Å². The number of hydrogen-bond acceptors (Lipinski definition) is 5. The van der Waals surface area contributed by atoms with Gasteiger partial charge in [0.15, 0.2) is 11.5 Å². The van der Waals surface area contributed by atoms with E-state index in [9.17, 15) is 13.6 Å². The minimum Gasteiger partial charge on any atom is -0.493 e. The maximum absolute atomic E-state index is 14.1. The molecule has 0 spiro atoms. The zero-order chi connectivity index (χ0) is 25.8. The van der Waals surface area contributed by atoms with Crippen molar-refractivity contribution < 1.29 is 23.0 Å². The van der Waals surface area contributed by atoms with E-state index >= 15 is 0 Å². The number of benzene rings is 2. The van der Waals surface area contributed by atoms with Gasteiger partial charge in [0.2, 0.25) is 5.95 Å². The second kappa shape index (κ2) is 10.5. The van der Waals surface area contributed by atoms with Crippen LogP contribution in [0.1, 0.15) is 34.5 Å². The van der Waals surface area contributed by atoms with E-state index < -0.39 is 17.9 Å². The molecule has 0 fully saturated rings. The van der Waals surface area contributed by atoms with Crippen molar-refractivity contribution >= 4 is 5.91 Å². The zero-order valence-corrected chi connectivity index (χ0v) is 20.3. The second-order valence-electron chi connectivity index (χ2n) is 8.32. The fourth-order valence-corrected chi connectivity index (χ4v) is 3.92. The van der Waals surface area contributed by atoms with Crippen LogP contribution in [0.25, 0.3) is 22.4 Å². The predicted octanol–water partition coefficient (Wildman–Crippen LogP) is 5.91. The molecule has 0 aliphatic carbocycles. The van der Waals surface area contributed by atoms with Crippen molar-refractivity contribution in [2.75, 3.05) is 14.2 Å². The third kappa shape index (κ3) is 5.33. The first kappa shape index (κ1) is 24.8. The Bertz CT molecular complexity index is 1390. The number of halogens is 2. The van der Waals surface area contributed by atoms with Crippen LogP contribution in [0.2, 0.25) is 0 Å². The molecule has 1 atom stereocenters. The highest BCUT2D eigenvalue weighted by Gasteiger charge is 2.20. The van der Waals surface area contributed by atoms with Crippen molar-refractivity contribution in [1.82, 2.24) is 15.3 Å². The zero-order valence-electron chi connectivity index (χ0n) is 20.3. The summed E-state index contributed by atoms with van der Waals surface area (Å²) >= 11 is 0. The Morgan fingerprint density at radius 2 is 1.61 bits per heavy atom. The monoisotopic (exact) mass is 489 g/mol. The highest BCUT2D eigenvalue weighted by molar-refractivity contribution is 6.01. The Morgan fingerprint density at radius 3 is 2.28 bits per heavy atom. The number of methoxy groups -OCH3 is 2. The molecule has 6 nitrogen and oxygen atoms in total. The lowest BCUT2D eigenvalue weighted by molar-refractivity contribution is 0.0940. The van der Waals surface area contributed by atoms with Gasteiger partial charge in [0.05, 0.1) is 31.5 Å². The van der Waals surface area contributed by atoms with Crippen LogP contribution in [0.15, 0.2) is 67.0 Å². The number of aryl methyl sites for hydroxylation is 1. The summed E-state index contributed by atoms with van der Waals surface area (Å²) in [5.74, 6) is -0.310. The third-order valence-corrected chi connectivity index (χ3v) is 5.76. The number of hydrogen-bond donors (Lipinski definition) is 1. The summed E-state index contributed by atoms with van der Waals surface area (Å²) in [6.45, 7) is 3.63. The van der Waals surface area contributed by atoms with E-state index in [1.165, 1.54) is 30.5 Å². The number of amides is 1. The number of carbonyl (C=O) groups excluding carboxylic acids is 1. The van der Waals surface area contributed by atoms with Crippen LogP contribution < -0.4 is 14.8 Å². The second-order valence-corrected chi connectivity index (χ2v) is 8.32. The quantitative estimate of drug-likeness (QED) is 0.327. The number of aromatic nitrogens is 2. The molecule has 184 valence electrons. The van der Waals surface area contributed by atoms with Crippen LogP contribution >= 0.6 is 0 Å². The van der Waals surface area contributed by atoms with Crippen molar-refractivity contribution in [3.8, 4) is 33.9 Å². The summed E-state index contributed by atoms with van der Waals surface area (Å²) in [5, 5.41) is 2.98. The Hall–Kier alpha value is -4.33. The normalized spacial score (nSPS) is 11.6. The number of ether oxygens (including phenoxy) is 2. The van der Waals surface area contributed by atoms with Gasteiger partial charge in [0.1, 0.15) is 5.82 Å². The van der Waals surface area contributed by atoms with E-state index in [-0.39, 0.29) is 11.4 Å². The molecule has 0 aliphatic rings. The molecule has 0 aliphatic heterocycles. The van der Waals surface area contributed by atoms with Gasteiger partial charge in [0.25, 0.3) is 5.91 Å². The number of rotatable bonds is 7. The first-order valence-corrected chi connectivity index (χ1v) is 11.2. The highest BCUT2D eigenvalue weighted by atomic mass is 19.1. The molecular weight excluding hydrogens is 464 g/mol. The van der Waals surface area contributed by atoms with Crippen LogP contribution in [0, 0.1) is 18.7 Å². The summed E-state index contributed by atoms with van der Waals surface area (Å²) in [6.07, 6.45) is 2.87. The average molecular weight is 490 g/mol. The van der Waals surface area contributed by atoms with Gasteiger partial charge in [-0.3, -0.25) is 9.78 Å². The molecule has 4 aromatic rings. The standard InChI is InChI=1S/C28H25F2N3O3/c1-16-9-20(11-22(29)10-16)21-12-23(27(32-15-21)19-6-8-26(30)31-14-19)28(34)33-17(2)18-5-7-24(35-3)25(13-18)36-4/h5-15,17H,1-4H3,(H,33,34). The van der Waals surface area contributed by atoms with Crippen LogP contribution in [0.4, 0.5) is 8.78 Å². The van der Waals surface area contributed by atoms with E-state index in [4.69, 9.17) is 9.47 Å². The lowest BCUT2D eigenvalue weighted by atomic mass is 9.99. The van der Waals surface area contributed by atoms with Crippen LogP contribution in [0.3, 0.4) is 0 Å². The molecule has 2 heterocycles. The molecule has 2 aromatic carbocycles. The smallest absolute Gasteiger partial charge is 0.253 e. The first-order valence-electron chi connectivity index (χ1n) is 11.2. The predicted molar refractivity (Wildman–Crippen MR) is 133 cm³/mol. The molecule has 0 saturated heterocycles. The number of nitrogens with zero attached hydrogens (tertiary/aromatic N) is 2. The number of carbonyl (C=O) groups is 1. The Balaban J connectivity index is 1.73. The SMILES string of the molecule is COc1ccc(C(C)NC(=O)c2cc(-c3cc(C)cc(F)c3)cnc2-c2ccc(F)nc2)cc1OC. The van der Waals surface area contributed by atoms with Gasteiger partial charge in [-0.1, -0.05) is 12.1 Å². The van der Waals surface area contributed by atoms with Crippen LogP contribution in [-0.2, 0) is 0 Å². The molecule has 36 heavy (non-hydrogen) atoms. The Labute approximate surface area is 208 Å². The average Bonchev–Trinajstić information content (AvgIpc) is 2.87. The van der Waals surface area contributed by atoms with Crippen molar-refractivity contribution in [3.05, 3.63) is 95.4 Å². The molecule has 0 saturated carbocycles. The Morgan fingerprint density at radius 1 is 0.861 bits per heavy atom. The molecule has 1 unspecified atom stereocenters. The molecule has 8 heteroatoms. The lowest BCUT2D eigenvalue weighted by Crippen LogP contribution is -2.27. The first-order chi connectivity index (χ1) is 17.3. The molecule has 1 amide bonds. The van der Waals surface area contributed by atoms with E-state index in [1.807, 2.05) is 19.1 Å². The van der Waals surface area contributed by atoms with Gasteiger partial charge in [-0.25, -0.2) is 9.37 Å². The number of nitrogens with one attached hydrogen (secondary N) is 1. The largest absolute Gasteiger partial charge is 0.493 e. The molecular formula is C28H25F2N3O3. The molecule has 0 bridgehead atoms. The van der Waals surface area contributed by atoms with E-state index in [0.29, 0.717) is 33.9 Å². The van der Waals surface area contributed by atoms with E-state index in [1.54, 1.807) is 45.5 Å². The van der Waals surface area contributed by atoms with Crippen molar-refractivity contribution in [1.29, 1.82) is 0 Å². The summed E-state index contributed by atoms with van der Waals surface area (Å²) in [6, 6.07) is 14.0. The summed E-state index contributed by atoms with van der Waals surface area (Å²) in [5.41, 5.74) is 3.75. The third-order valence-electron chi connectivity index (χ3n) is 5.76. The van der Waals surface area contributed by atoms with Crippen LogP contribution in [0.5, 0.6) is 11.5 Å². The van der Waals surface area contributed by atoms with Gasteiger partial charge in [-0.15, -0.1) is 0 Å². The van der Waals surface area contributed by atoms with Gasteiger partial charge in [0, 0.05) is 23.5 Å². The summed E-state index contributed by atoms with van der Waals surface area (Å²) < 4.78 is 38.2. The minimum absolute atomic E-state index is 0.246. The van der Waals surface area contributed by atoms with Gasteiger partial charge >= 0.3 is 0 Å². The summed E-state index contributed by atoms with van der Waals surface area (Å²) in [7, 11) is 3.09. The maximum Gasteiger partial charge on any atom is 0.253 e. The number of pyridine rings is 2. The highest BCUT2D eigenvalue weighted by Crippen LogP contribution is 2.31. The Kier molecular flexibility index (Phi) is 7.24. The van der Waals surface area contributed by atoms with Crippen molar-refractivity contribution in [3.63, 3.8) is 0 Å². The van der Waals surface area contributed by atoms with Crippen molar-refractivity contribution in [2.45, 2.75) is 19.9 Å². The fraction of sp³-hybridized carbons (Fsp3) is 0.179. The van der Waals surface area contributed by atoms with Gasteiger partial charge in [-0.05, 0) is 73.0 Å². The fourth-order valence-electron chi connectivity index (χ4n) is 3.92. The molecule has 1 N–H and O–H groups in total. The maximum atomic E-state index is 14.1. The van der Waals surface area contributed by atoms with Gasteiger partial charge < -0.3 is 14.8 Å². The summed E-state index contributed by atoms with van der Waals surface area (Å²) in [4.78, 5) is 21.7. The lowest BCUT2D eigenvalue weighted by Gasteiger charge is -2.18. The molecule has 4 rings (SSSR count). The molecule has 2 aromatic heterocycles. The van der Waals surface area contributed by atoms with E-state index in [0.717, 1.165) is 11.1 Å². The minimum atomic E-state index is -0.640. The van der Waals surface area contributed by atoms with Crippen molar-refractivity contribution in [2.24, 2.45) is 0 Å².